The van der Waals surface area contributed by atoms with Gasteiger partial charge in [0.05, 0.1) is 18.1 Å². The standard InChI is InChI=1S/C8H6ClF2N3/c9-7-4(1-2-12)6(13)5(3-14-7)8(10)11/h3,8H,1H2,(H2,13,14). The number of anilines is 1. The molecule has 0 aromatic carbocycles. The second-order valence-corrected chi connectivity index (χ2v) is 2.89. The average molecular weight is 218 g/mol. The van der Waals surface area contributed by atoms with Crippen LogP contribution in [-0.2, 0) is 6.42 Å². The fourth-order valence-electron chi connectivity index (χ4n) is 0.980. The fraction of sp³-hybridized carbons (Fsp3) is 0.250. The maximum atomic E-state index is 12.3. The molecule has 0 unspecified atom stereocenters. The van der Waals surface area contributed by atoms with E-state index in [1.165, 1.54) is 0 Å². The maximum Gasteiger partial charge on any atom is 0.267 e. The lowest BCUT2D eigenvalue weighted by molar-refractivity contribution is 0.152. The number of hydrogen-bond acceptors (Lipinski definition) is 3. The third-order valence-corrected chi connectivity index (χ3v) is 2.02. The minimum absolute atomic E-state index is 0.00606. The van der Waals surface area contributed by atoms with Crippen LogP contribution in [0.1, 0.15) is 17.6 Å². The van der Waals surface area contributed by atoms with E-state index in [1.54, 1.807) is 6.07 Å². The fourth-order valence-corrected chi connectivity index (χ4v) is 1.20. The Bertz CT molecular complexity index is 387. The Hall–Kier alpha value is -1.41. The minimum atomic E-state index is -2.71. The van der Waals surface area contributed by atoms with Crippen molar-refractivity contribution in [1.29, 1.82) is 5.26 Å². The first-order valence-corrected chi connectivity index (χ1v) is 4.03. The second kappa shape index (κ2) is 4.20. The highest BCUT2D eigenvalue weighted by Gasteiger charge is 2.17. The molecule has 6 heteroatoms. The number of halogens is 3. The van der Waals surface area contributed by atoms with Gasteiger partial charge >= 0.3 is 0 Å². The number of nitrogens with two attached hydrogens (primary N) is 1. The van der Waals surface area contributed by atoms with Crippen LogP contribution in [0.25, 0.3) is 0 Å². The molecule has 0 saturated heterocycles. The van der Waals surface area contributed by atoms with E-state index in [-0.39, 0.29) is 28.4 Å². The van der Waals surface area contributed by atoms with Crippen molar-refractivity contribution in [2.24, 2.45) is 0 Å². The highest BCUT2D eigenvalue weighted by atomic mass is 35.5. The van der Waals surface area contributed by atoms with Crippen molar-refractivity contribution in [3.63, 3.8) is 0 Å². The number of rotatable bonds is 2. The van der Waals surface area contributed by atoms with Crippen LogP contribution in [0.15, 0.2) is 6.20 Å². The highest BCUT2D eigenvalue weighted by Crippen LogP contribution is 2.30. The predicted molar refractivity (Wildman–Crippen MR) is 47.9 cm³/mol. The molecule has 0 amide bonds. The molecule has 2 N–H and O–H groups in total. The van der Waals surface area contributed by atoms with Crippen LogP contribution in [0.5, 0.6) is 0 Å². The largest absolute Gasteiger partial charge is 0.398 e. The van der Waals surface area contributed by atoms with Crippen molar-refractivity contribution < 1.29 is 8.78 Å². The Labute approximate surface area is 84.1 Å². The Morgan fingerprint density at radius 3 is 2.79 bits per heavy atom. The number of aromatic nitrogens is 1. The predicted octanol–water partition coefficient (Wildman–Crippen LogP) is 2.32. The summed E-state index contributed by atoms with van der Waals surface area (Å²) in [5.74, 6) is 0. The SMILES string of the molecule is N#CCc1c(Cl)ncc(C(F)F)c1N. The van der Waals surface area contributed by atoms with E-state index in [2.05, 4.69) is 4.98 Å². The normalized spacial score (nSPS) is 10.2. The van der Waals surface area contributed by atoms with Crippen LogP contribution >= 0.6 is 11.6 Å². The summed E-state index contributed by atoms with van der Waals surface area (Å²) >= 11 is 5.60. The molecule has 3 nitrogen and oxygen atoms in total. The molecule has 1 rings (SSSR count). The van der Waals surface area contributed by atoms with Gasteiger partial charge in [-0.15, -0.1) is 0 Å². The zero-order chi connectivity index (χ0) is 10.7. The Balaban J connectivity index is 3.27. The third-order valence-electron chi connectivity index (χ3n) is 1.69. The van der Waals surface area contributed by atoms with Crippen LogP contribution in [0.2, 0.25) is 5.15 Å². The first-order valence-electron chi connectivity index (χ1n) is 3.65. The highest BCUT2D eigenvalue weighted by molar-refractivity contribution is 6.30. The van der Waals surface area contributed by atoms with E-state index in [0.717, 1.165) is 6.20 Å². The van der Waals surface area contributed by atoms with Crippen molar-refractivity contribution in [1.82, 2.24) is 4.98 Å². The molecule has 0 bridgehead atoms. The van der Waals surface area contributed by atoms with Crippen LogP contribution < -0.4 is 5.73 Å². The van der Waals surface area contributed by atoms with E-state index in [1.807, 2.05) is 0 Å². The smallest absolute Gasteiger partial charge is 0.267 e. The number of pyridine rings is 1. The second-order valence-electron chi connectivity index (χ2n) is 2.53. The van der Waals surface area contributed by atoms with Gasteiger partial charge in [0.1, 0.15) is 5.15 Å². The maximum absolute atomic E-state index is 12.3. The van der Waals surface area contributed by atoms with Crippen LogP contribution in [-0.4, -0.2) is 4.98 Å². The van der Waals surface area contributed by atoms with Gasteiger partial charge in [-0.1, -0.05) is 11.6 Å². The van der Waals surface area contributed by atoms with Gasteiger partial charge < -0.3 is 5.73 Å². The molecule has 14 heavy (non-hydrogen) atoms. The molecule has 0 aliphatic rings. The molecule has 0 aliphatic carbocycles. The van der Waals surface area contributed by atoms with Gasteiger partial charge in [0, 0.05) is 17.4 Å². The lowest BCUT2D eigenvalue weighted by atomic mass is 10.1. The molecule has 1 aromatic heterocycles. The molecule has 1 heterocycles. The van der Waals surface area contributed by atoms with Crippen LogP contribution in [0.4, 0.5) is 14.5 Å². The summed E-state index contributed by atoms with van der Waals surface area (Å²) in [5, 5.41) is 8.41. The van der Waals surface area contributed by atoms with Crippen LogP contribution in [0, 0.1) is 11.3 Å². The lowest BCUT2D eigenvalue weighted by Gasteiger charge is -2.08. The van der Waals surface area contributed by atoms with Gasteiger partial charge in [0.2, 0.25) is 0 Å². The van der Waals surface area contributed by atoms with Crippen LogP contribution in [0.3, 0.4) is 0 Å². The van der Waals surface area contributed by atoms with E-state index in [0.29, 0.717) is 0 Å². The average Bonchev–Trinajstić information content (AvgIpc) is 2.11. The molecule has 0 saturated carbocycles. The number of nitrogen functional groups attached to an aromatic ring is 1. The molecule has 0 aliphatic heterocycles. The third kappa shape index (κ3) is 1.91. The van der Waals surface area contributed by atoms with Crippen molar-refractivity contribution >= 4 is 17.3 Å². The molecule has 74 valence electrons. The molecule has 1 aromatic rings. The zero-order valence-corrected chi connectivity index (χ0v) is 7.72. The monoisotopic (exact) mass is 217 g/mol. The van der Waals surface area contributed by atoms with Crippen molar-refractivity contribution in [2.45, 2.75) is 12.8 Å². The van der Waals surface area contributed by atoms with Gasteiger partial charge in [-0.25, -0.2) is 13.8 Å². The molecule has 0 spiro atoms. The lowest BCUT2D eigenvalue weighted by Crippen LogP contribution is -2.02. The quantitative estimate of drug-likeness (QED) is 0.774. The Morgan fingerprint density at radius 1 is 1.64 bits per heavy atom. The summed E-state index contributed by atoms with van der Waals surface area (Å²) in [5.41, 5.74) is 5.03. The van der Waals surface area contributed by atoms with Gasteiger partial charge in [0.15, 0.2) is 0 Å². The topological polar surface area (TPSA) is 62.7 Å². The number of nitriles is 1. The Kier molecular flexibility index (Phi) is 3.20. The van der Waals surface area contributed by atoms with E-state index >= 15 is 0 Å². The van der Waals surface area contributed by atoms with Crippen molar-refractivity contribution in [3.8, 4) is 6.07 Å². The first-order chi connectivity index (χ1) is 6.57. The molecular weight excluding hydrogens is 212 g/mol. The zero-order valence-electron chi connectivity index (χ0n) is 6.97. The van der Waals surface area contributed by atoms with E-state index < -0.39 is 6.43 Å². The van der Waals surface area contributed by atoms with E-state index in [4.69, 9.17) is 22.6 Å². The summed E-state index contributed by atoms with van der Waals surface area (Å²) < 4.78 is 24.7. The summed E-state index contributed by atoms with van der Waals surface area (Å²) in [7, 11) is 0. The van der Waals surface area contributed by atoms with Crippen molar-refractivity contribution in [2.75, 3.05) is 5.73 Å². The van der Waals surface area contributed by atoms with Gasteiger partial charge in [-0.2, -0.15) is 5.26 Å². The summed E-state index contributed by atoms with van der Waals surface area (Å²) in [6, 6.07) is 1.78. The number of nitrogens with zero attached hydrogens (tertiary/aromatic N) is 2. The van der Waals surface area contributed by atoms with Gasteiger partial charge in [0.25, 0.3) is 6.43 Å². The molecule has 0 fully saturated rings. The number of alkyl halides is 2. The number of hydrogen-bond donors (Lipinski definition) is 1. The van der Waals surface area contributed by atoms with Gasteiger partial charge in [-0.05, 0) is 0 Å². The first kappa shape index (κ1) is 10.7. The van der Waals surface area contributed by atoms with E-state index in [9.17, 15) is 8.78 Å². The summed E-state index contributed by atoms with van der Waals surface area (Å²) in [6.45, 7) is 0. The molecular formula is C8H6ClF2N3. The van der Waals surface area contributed by atoms with Gasteiger partial charge in [-0.3, -0.25) is 0 Å². The molecule has 0 atom stereocenters. The Morgan fingerprint density at radius 2 is 2.29 bits per heavy atom. The summed E-state index contributed by atoms with van der Waals surface area (Å²) in [4.78, 5) is 3.53. The minimum Gasteiger partial charge on any atom is -0.398 e. The summed E-state index contributed by atoms with van der Waals surface area (Å²) in [6.07, 6.45) is -1.92. The molecule has 0 radical (unpaired) electrons. The van der Waals surface area contributed by atoms with Crippen molar-refractivity contribution in [3.05, 3.63) is 22.5 Å².